The number of fused-ring (bicyclic) bond motifs is 5. The lowest BCUT2D eigenvalue weighted by molar-refractivity contribution is 1.47. The first-order chi connectivity index (χ1) is 17.3. The average Bonchev–Trinajstić information content (AvgIpc) is 3.23. The van der Waals surface area contributed by atoms with E-state index < -0.39 is 0 Å². The van der Waals surface area contributed by atoms with Gasteiger partial charge in [0.15, 0.2) is 0 Å². The standard InChI is InChI=1S/C35H24/c1-23-18-20-24(21-19-23)35-31-16-8-6-14-29(31)34(30-15-7-9-17-32(30)35)22-33-27-12-4-2-10-25(27)26-11-3-5-13-28(26)33/h2-22H,1H3. The molecule has 0 fully saturated rings. The molecule has 0 radical (unpaired) electrons. The molecule has 0 bridgehead atoms. The minimum Gasteiger partial charge on any atom is -0.0616 e. The molecule has 0 amide bonds. The van der Waals surface area contributed by atoms with Gasteiger partial charge in [-0.25, -0.2) is 0 Å². The zero-order valence-corrected chi connectivity index (χ0v) is 19.6. The number of benzene rings is 6. The highest BCUT2D eigenvalue weighted by atomic mass is 14.3. The topological polar surface area (TPSA) is 0 Å². The summed E-state index contributed by atoms with van der Waals surface area (Å²) >= 11 is 0. The molecular formula is C35H24. The lowest BCUT2D eigenvalue weighted by Crippen LogP contribution is -1.91. The highest BCUT2D eigenvalue weighted by molar-refractivity contribution is 6.20. The molecule has 0 N–H and O–H groups in total. The highest BCUT2D eigenvalue weighted by Crippen LogP contribution is 2.47. The molecule has 7 rings (SSSR count). The summed E-state index contributed by atoms with van der Waals surface area (Å²) in [5.74, 6) is 0. The van der Waals surface area contributed by atoms with Crippen molar-refractivity contribution in [1.82, 2.24) is 0 Å². The summed E-state index contributed by atoms with van der Waals surface area (Å²) in [7, 11) is 0. The summed E-state index contributed by atoms with van der Waals surface area (Å²) in [4.78, 5) is 0. The molecule has 6 aromatic rings. The second kappa shape index (κ2) is 7.82. The molecule has 0 aromatic heterocycles. The largest absolute Gasteiger partial charge is 0.0616 e. The molecule has 1 aliphatic carbocycles. The number of rotatable bonds is 2. The van der Waals surface area contributed by atoms with Crippen LogP contribution in [0.2, 0.25) is 0 Å². The first kappa shape index (κ1) is 20.0. The third-order valence-corrected chi connectivity index (χ3v) is 7.33. The second-order valence-electron chi connectivity index (χ2n) is 9.40. The van der Waals surface area contributed by atoms with E-state index in [1.54, 1.807) is 0 Å². The summed E-state index contributed by atoms with van der Waals surface area (Å²) in [5, 5.41) is 5.16. The molecule has 0 nitrogen and oxygen atoms in total. The van der Waals surface area contributed by atoms with Crippen LogP contribution in [0, 0.1) is 6.92 Å². The van der Waals surface area contributed by atoms with E-state index in [0.717, 1.165) is 0 Å². The van der Waals surface area contributed by atoms with E-state index in [1.165, 1.54) is 71.6 Å². The van der Waals surface area contributed by atoms with E-state index in [2.05, 4.69) is 134 Å². The van der Waals surface area contributed by atoms with Gasteiger partial charge in [-0.05, 0) is 79.1 Å². The third-order valence-electron chi connectivity index (χ3n) is 7.33. The Morgan fingerprint density at radius 1 is 0.429 bits per heavy atom. The molecule has 0 unspecified atom stereocenters. The maximum absolute atomic E-state index is 2.42. The molecule has 0 saturated heterocycles. The molecule has 164 valence electrons. The van der Waals surface area contributed by atoms with E-state index in [0.29, 0.717) is 0 Å². The lowest BCUT2D eigenvalue weighted by atomic mass is 9.87. The van der Waals surface area contributed by atoms with Gasteiger partial charge in [-0.2, -0.15) is 0 Å². The summed E-state index contributed by atoms with van der Waals surface area (Å²) in [5.41, 5.74) is 11.7. The zero-order valence-electron chi connectivity index (χ0n) is 19.6. The summed E-state index contributed by atoms with van der Waals surface area (Å²) < 4.78 is 0. The van der Waals surface area contributed by atoms with Crippen molar-refractivity contribution in [3.8, 4) is 22.3 Å². The van der Waals surface area contributed by atoms with E-state index in [1.807, 2.05) is 0 Å². The van der Waals surface area contributed by atoms with Crippen LogP contribution in [0.3, 0.4) is 0 Å². The van der Waals surface area contributed by atoms with Crippen molar-refractivity contribution in [2.45, 2.75) is 6.92 Å². The number of hydrogen-bond acceptors (Lipinski definition) is 0. The Morgan fingerprint density at radius 2 is 0.857 bits per heavy atom. The van der Waals surface area contributed by atoms with Crippen LogP contribution in [0.4, 0.5) is 0 Å². The van der Waals surface area contributed by atoms with Crippen molar-refractivity contribution in [3.05, 3.63) is 144 Å². The van der Waals surface area contributed by atoms with Gasteiger partial charge < -0.3 is 0 Å². The first-order valence-corrected chi connectivity index (χ1v) is 12.2. The van der Waals surface area contributed by atoms with Crippen LogP contribution in [0.25, 0.3) is 55.4 Å². The van der Waals surface area contributed by atoms with Gasteiger partial charge >= 0.3 is 0 Å². The molecule has 35 heavy (non-hydrogen) atoms. The van der Waals surface area contributed by atoms with E-state index >= 15 is 0 Å². The molecule has 0 spiro atoms. The van der Waals surface area contributed by atoms with Gasteiger partial charge in [0.25, 0.3) is 0 Å². The van der Waals surface area contributed by atoms with Gasteiger partial charge in [0, 0.05) is 0 Å². The smallest absolute Gasteiger partial charge is 0.00264 e. The molecular weight excluding hydrogens is 420 g/mol. The second-order valence-corrected chi connectivity index (χ2v) is 9.40. The van der Waals surface area contributed by atoms with Gasteiger partial charge in [-0.15, -0.1) is 0 Å². The fourth-order valence-corrected chi connectivity index (χ4v) is 5.70. The van der Waals surface area contributed by atoms with Crippen molar-refractivity contribution in [2.75, 3.05) is 0 Å². The van der Waals surface area contributed by atoms with Crippen LogP contribution in [0.15, 0.2) is 121 Å². The molecule has 0 aliphatic heterocycles. The van der Waals surface area contributed by atoms with Crippen LogP contribution >= 0.6 is 0 Å². The summed E-state index contributed by atoms with van der Waals surface area (Å²) in [6.07, 6.45) is 2.42. The van der Waals surface area contributed by atoms with Crippen molar-refractivity contribution in [1.29, 1.82) is 0 Å². The molecule has 0 saturated carbocycles. The minimum atomic E-state index is 1.26. The maximum Gasteiger partial charge on any atom is -0.00264 e. The average molecular weight is 445 g/mol. The van der Waals surface area contributed by atoms with Crippen molar-refractivity contribution >= 4 is 33.2 Å². The fraction of sp³-hybridized carbons (Fsp3) is 0.0286. The van der Waals surface area contributed by atoms with Gasteiger partial charge in [0.1, 0.15) is 0 Å². The lowest BCUT2D eigenvalue weighted by Gasteiger charge is -2.16. The quantitative estimate of drug-likeness (QED) is 0.233. The molecule has 0 atom stereocenters. The number of aryl methyl sites for hydroxylation is 1. The van der Waals surface area contributed by atoms with Crippen LogP contribution in [0.1, 0.15) is 22.3 Å². The van der Waals surface area contributed by atoms with Crippen LogP contribution < -0.4 is 0 Å². The van der Waals surface area contributed by atoms with E-state index in [4.69, 9.17) is 0 Å². The predicted octanol–water partition coefficient (Wildman–Crippen LogP) is 9.54. The van der Waals surface area contributed by atoms with Crippen LogP contribution in [-0.2, 0) is 0 Å². The minimum absolute atomic E-state index is 1.26. The number of hydrogen-bond donors (Lipinski definition) is 0. The van der Waals surface area contributed by atoms with Gasteiger partial charge in [-0.1, -0.05) is 127 Å². The Labute approximate surface area is 205 Å². The van der Waals surface area contributed by atoms with E-state index in [-0.39, 0.29) is 0 Å². The Kier molecular flexibility index (Phi) is 4.47. The molecule has 0 heterocycles. The monoisotopic (exact) mass is 444 g/mol. The van der Waals surface area contributed by atoms with Gasteiger partial charge in [-0.3, -0.25) is 0 Å². The van der Waals surface area contributed by atoms with Crippen LogP contribution in [0.5, 0.6) is 0 Å². The third kappa shape index (κ3) is 3.07. The fourth-order valence-electron chi connectivity index (χ4n) is 5.70. The zero-order chi connectivity index (χ0) is 23.4. The summed E-state index contributed by atoms with van der Waals surface area (Å²) in [6, 6.07) is 44.2. The predicted molar refractivity (Wildman–Crippen MR) is 150 cm³/mol. The van der Waals surface area contributed by atoms with Crippen LogP contribution in [-0.4, -0.2) is 0 Å². The highest BCUT2D eigenvalue weighted by Gasteiger charge is 2.23. The molecule has 0 heteroatoms. The Hall–Kier alpha value is -4.42. The normalized spacial score (nSPS) is 12.1. The van der Waals surface area contributed by atoms with Crippen molar-refractivity contribution in [2.24, 2.45) is 0 Å². The Bertz CT molecular complexity index is 1680. The Morgan fingerprint density at radius 3 is 1.37 bits per heavy atom. The van der Waals surface area contributed by atoms with Gasteiger partial charge in [0.05, 0.1) is 0 Å². The maximum atomic E-state index is 2.42. The van der Waals surface area contributed by atoms with Crippen molar-refractivity contribution in [3.63, 3.8) is 0 Å². The molecule has 6 aromatic carbocycles. The molecule has 1 aliphatic rings. The van der Waals surface area contributed by atoms with Crippen molar-refractivity contribution < 1.29 is 0 Å². The summed E-state index contributed by atoms with van der Waals surface area (Å²) in [6.45, 7) is 2.15. The Balaban J connectivity index is 1.60. The van der Waals surface area contributed by atoms with Gasteiger partial charge in [0.2, 0.25) is 0 Å². The SMILES string of the molecule is Cc1ccc(-c2c3ccccc3c(C=C3c4ccccc4-c4ccccc43)c3ccccc23)cc1. The van der Waals surface area contributed by atoms with E-state index in [9.17, 15) is 0 Å². The first-order valence-electron chi connectivity index (χ1n) is 12.2.